The molecule has 2 N–H and O–H groups in total. The lowest BCUT2D eigenvalue weighted by Gasteiger charge is -2.57. The van der Waals surface area contributed by atoms with Crippen molar-refractivity contribution in [2.45, 2.75) is 96.8 Å². The molecule has 10 atom stereocenters. The maximum Gasteiger partial charge on any atom is 0.158 e. The van der Waals surface area contributed by atoms with Gasteiger partial charge in [0.05, 0.1) is 23.9 Å². The van der Waals surface area contributed by atoms with Crippen LogP contribution in [0.1, 0.15) is 84.6 Å². The lowest BCUT2D eigenvalue weighted by atomic mass is 9.48. The van der Waals surface area contributed by atoms with Gasteiger partial charge in [-0.15, -0.1) is 0 Å². The molecule has 1 heterocycles. The number of carbonyl (C=O) groups is 1. The van der Waals surface area contributed by atoms with Crippen molar-refractivity contribution < 1.29 is 15.0 Å². The van der Waals surface area contributed by atoms with E-state index in [1.54, 1.807) is 24.7 Å². The summed E-state index contributed by atoms with van der Waals surface area (Å²) in [7, 11) is 0. The number of carbonyl (C=O) groups excluding carboxylic acids is 1. The molecular formula is C28H42N2O3. The molecule has 1 aromatic heterocycles. The Balaban J connectivity index is 1.20. The molecule has 0 spiro atoms. The first kappa shape index (κ1) is 22.3. The fourth-order valence-corrected chi connectivity index (χ4v) is 9.68. The van der Waals surface area contributed by atoms with Gasteiger partial charge >= 0.3 is 0 Å². The molecule has 5 nitrogen and oxygen atoms in total. The molecule has 33 heavy (non-hydrogen) atoms. The monoisotopic (exact) mass is 454 g/mol. The van der Waals surface area contributed by atoms with Crippen molar-refractivity contribution in [3.05, 3.63) is 18.0 Å². The summed E-state index contributed by atoms with van der Waals surface area (Å²) in [6, 6.07) is 0. The molecule has 6 rings (SSSR count). The highest BCUT2D eigenvalue weighted by Gasteiger charge is 2.70. The molecule has 0 amide bonds. The van der Waals surface area contributed by atoms with Crippen molar-refractivity contribution >= 4 is 5.78 Å². The van der Waals surface area contributed by atoms with Gasteiger partial charge in [0.2, 0.25) is 0 Å². The Kier molecular flexibility index (Phi) is 4.83. The molecular weight excluding hydrogens is 412 g/mol. The Bertz CT molecular complexity index is 945. The highest BCUT2D eigenvalue weighted by Crippen LogP contribution is 2.74. The van der Waals surface area contributed by atoms with Crippen LogP contribution in [-0.2, 0) is 16.9 Å². The summed E-state index contributed by atoms with van der Waals surface area (Å²) in [6.07, 6.45) is 13.0. The van der Waals surface area contributed by atoms with Crippen LogP contribution in [0.25, 0.3) is 0 Å². The van der Waals surface area contributed by atoms with Crippen LogP contribution in [0.5, 0.6) is 0 Å². The van der Waals surface area contributed by atoms with E-state index in [0.29, 0.717) is 30.1 Å². The van der Waals surface area contributed by atoms with Crippen molar-refractivity contribution in [3.63, 3.8) is 0 Å². The van der Waals surface area contributed by atoms with Gasteiger partial charge in [-0.05, 0) is 119 Å². The Morgan fingerprint density at radius 1 is 1.09 bits per heavy atom. The van der Waals surface area contributed by atoms with Crippen molar-refractivity contribution in [1.82, 2.24) is 9.78 Å². The first-order valence-electron chi connectivity index (χ1n) is 13.5. The van der Waals surface area contributed by atoms with Crippen molar-refractivity contribution in [3.8, 4) is 0 Å². The number of aliphatic hydroxyl groups is 2. The third-order valence-electron chi connectivity index (χ3n) is 11.0. The van der Waals surface area contributed by atoms with Gasteiger partial charge in [-0.1, -0.05) is 6.92 Å². The van der Waals surface area contributed by atoms with Crippen LogP contribution in [-0.4, -0.2) is 31.4 Å². The smallest absolute Gasteiger partial charge is 0.158 e. The van der Waals surface area contributed by atoms with Crippen LogP contribution < -0.4 is 0 Å². The average molecular weight is 455 g/mol. The topological polar surface area (TPSA) is 75.4 Å². The van der Waals surface area contributed by atoms with Crippen LogP contribution in [0, 0.1) is 52.8 Å². The second kappa shape index (κ2) is 7.16. The van der Waals surface area contributed by atoms with E-state index in [-0.39, 0.29) is 11.3 Å². The Hall–Kier alpha value is -1.20. The summed E-state index contributed by atoms with van der Waals surface area (Å²) in [5.74, 6) is 5.68. The van der Waals surface area contributed by atoms with Gasteiger partial charge in [0, 0.05) is 17.7 Å². The fourth-order valence-electron chi connectivity index (χ4n) is 9.68. The van der Waals surface area contributed by atoms with E-state index < -0.39 is 11.2 Å². The molecule has 5 heteroatoms. The Morgan fingerprint density at radius 2 is 1.85 bits per heavy atom. The quantitative estimate of drug-likeness (QED) is 0.700. The SMILES string of the molecule is CC(C)(O)c1cnn(CC(=O)[C@H]2[C@H]3C[C@H]3C3[C@@H]4CC[C@@H]5C[C@](C)(O)CC[C@@H]5[C@H]4CC[C@@]32C)c1. The minimum atomic E-state index is -0.933. The second-order valence-corrected chi connectivity index (χ2v) is 13.6. The largest absolute Gasteiger partial charge is 0.390 e. The van der Waals surface area contributed by atoms with Crippen LogP contribution in [0.3, 0.4) is 0 Å². The number of fused-ring (bicyclic) bond motifs is 7. The average Bonchev–Trinajstić information content (AvgIpc) is 3.20. The first-order valence-corrected chi connectivity index (χ1v) is 13.5. The van der Waals surface area contributed by atoms with E-state index in [1.165, 1.54) is 38.5 Å². The lowest BCUT2D eigenvalue weighted by molar-refractivity contribution is -0.136. The maximum absolute atomic E-state index is 13.7. The molecule has 5 aliphatic rings. The third-order valence-corrected chi connectivity index (χ3v) is 11.0. The third kappa shape index (κ3) is 3.47. The lowest BCUT2D eigenvalue weighted by Crippen LogP contribution is -2.52. The molecule has 0 radical (unpaired) electrons. The molecule has 1 aromatic rings. The van der Waals surface area contributed by atoms with Crippen molar-refractivity contribution in [1.29, 1.82) is 0 Å². The molecule has 5 aliphatic carbocycles. The zero-order valence-electron chi connectivity index (χ0n) is 20.8. The van der Waals surface area contributed by atoms with Gasteiger partial charge < -0.3 is 10.2 Å². The molecule has 5 saturated carbocycles. The number of Topliss-reactive ketones (excluding diaryl/α,β-unsaturated/α-hetero) is 1. The summed E-state index contributed by atoms with van der Waals surface area (Å²) in [6.45, 7) is 8.34. The zero-order valence-corrected chi connectivity index (χ0v) is 20.8. The van der Waals surface area contributed by atoms with Crippen molar-refractivity contribution in [2.24, 2.45) is 52.8 Å². The highest BCUT2D eigenvalue weighted by molar-refractivity contribution is 5.83. The van der Waals surface area contributed by atoms with E-state index >= 15 is 0 Å². The number of hydrogen-bond acceptors (Lipinski definition) is 4. The summed E-state index contributed by atoms with van der Waals surface area (Å²) in [5, 5.41) is 25.3. The van der Waals surface area contributed by atoms with Gasteiger partial charge in [-0.25, -0.2) is 0 Å². The predicted octanol–water partition coefficient (Wildman–Crippen LogP) is 4.56. The van der Waals surface area contributed by atoms with Gasteiger partial charge in [-0.3, -0.25) is 9.48 Å². The van der Waals surface area contributed by atoms with Crippen LogP contribution in [0.15, 0.2) is 12.4 Å². The van der Waals surface area contributed by atoms with Crippen LogP contribution in [0.2, 0.25) is 0 Å². The van der Waals surface area contributed by atoms with Gasteiger partial charge in [0.1, 0.15) is 0 Å². The normalized spacial score (nSPS) is 48.4. The highest BCUT2D eigenvalue weighted by atomic mass is 16.3. The maximum atomic E-state index is 13.7. The standard InChI is InChI=1S/C28H42N2O3/c1-26(2,32)17-13-29-30(14-17)15-23(31)25-22-11-21(22)24-20-6-5-16-12-27(3,33)9-7-18(16)19(20)8-10-28(24,25)4/h13-14,16,18-22,24-25,32-33H,5-12,15H2,1-4H3/t16-,18+,19-,20-,21-,22+,24?,25-,27-,28+/m1/s1. The summed E-state index contributed by atoms with van der Waals surface area (Å²) in [4.78, 5) is 13.7. The molecule has 182 valence electrons. The van der Waals surface area contributed by atoms with E-state index in [2.05, 4.69) is 12.0 Å². The van der Waals surface area contributed by atoms with Gasteiger partial charge in [-0.2, -0.15) is 5.10 Å². The minimum Gasteiger partial charge on any atom is -0.390 e. The molecule has 0 aromatic carbocycles. The van der Waals surface area contributed by atoms with E-state index in [1.807, 2.05) is 13.1 Å². The molecule has 0 saturated heterocycles. The first-order chi connectivity index (χ1) is 15.5. The summed E-state index contributed by atoms with van der Waals surface area (Å²) >= 11 is 0. The number of nitrogens with zero attached hydrogens (tertiary/aromatic N) is 2. The fraction of sp³-hybridized carbons (Fsp3) is 0.857. The Labute approximate surface area is 198 Å². The molecule has 0 aliphatic heterocycles. The minimum absolute atomic E-state index is 0.144. The van der Waals surface area contributed by atoms with Gasteiger partial charge in [0.15, 0.2) is 5.78 Å². The number of hydrogen-bond donors (Lipinski definition) is 2. The Morgan fingerprint density at radius 3 is 2.58 bits per heavy atom. The number of aromatic nitrogens is 2. The predicted molar refractivity (Wildman–Crippen MR) is 126 cm³/mol. The second-order valence-electron chi connectivity index (χ2n) is 13.6. The zero-order chi connectivity index (χ0) is 23.3. The van der Waals surface area contributed by atoms with Gasteiger partial charge in [0.25, 0.3) is 0 Å². The van der Waals surface area contributed by atoms with Crippen LogP contribution in [0.4, 0.5) is 0 Å². The van der Waals surface area contributed by atoms with Crippen molar-refractivity contribution in [2.75, 3.05) is 0 Å². The molecule has 1 unspecified atom stereocenters. The molecule has 5 fully saturated rings. The summed E-state index contributed by atoms with van der Waals surface area (Å²) in [5.41, 5.74) is -0.484. The summed E-state index contributed by atoms with van der Waals surface area (Å²) < 4.78 is 1.74. The van der Waals surface area contributed by atoms with E-state index in [9.17, 15) is 15.0 Å². The van der Waals surface area contributed by atoms with E-state index in [0.717, 1.165) is 42.1 Å². The number of rotatable bonds is 4. The van der Waals surface area contributed by atoms with Crippen LogP contribution >= 0.6 is 0 Å². The number of ketones is 1. The molecule has 0 bridgehead atoms. The van der Waals surface area contributed by atoms with E-state index in [4.69, 9.17) is 0 Å².